The van der Waals surface area contributed by atoms with E-state index < -0.39 is 0 Å². The van der Waals surface area contributed by atoms with Crippen molar-refractivity contribution in [3.63, 3.8) is 0 Å². The zero-order valence-electron chi connectivity index (χ0n) is 12.9. The molecule has 1 aliphatic rings. The number of hydrogen-bond acceptors (Lipinski definition) is 1. The van der Waals surface area contributed by atoms with E-state index in [1.54, 1.807) is 0 Å². The molecule has 0 aromatic heterocycles. The van der Waals surface area contributed by atoms with Gasteiger partial charge < -0.3 is 5.11 Å². The minimum Gasteiger partial charge on any atom is -0.390 e. The fraction of sp³-hybridized carbons (Fsp3) is 1.00. The molecule has 1 rings (SSSR count). The van der Waals surface area contributed by atoms with Crippen molar-refractivity contribution >= 4 is 0 Å². The Hall–Kier alpha value is -0.0400. The standard InChI is InChI=1S/C17H34O/c1-4-5-6-7-8-9-10-13-17(18)14-11-12-15(2)16(17)3/h15-16,18H,4-14H2,1-3H3. The van der Waals surface area contributed by atoms with Crippen LogP contribution in [0.4, 0.5) is 0 Å². The van der Waals surface area contributed by atoms with Crippen molar-refractivity contribution in [3.8, 4) is 0 Å². The average molecular weight is 254 g/mol. The molecule has 0 heterocycles. The summed E-state index contributed by atoms with van der Waals surface area (Å²) >= 11 is 0. The van der Waals surface area contributed by atoms with E-state index >= 15 is 0 Å². The third kappa shape index (κ3) is 4.91. The fourth-order valence-electron chi connectivity index (χ4n) is 3.48. The van der Waals surface area contributed by atoms with E-state index in [0.717, 1.165) is 12.8 Å². The normalized spacial score (nSPS) is 32.7. The van der Waals surface area contributed by atoms with E-state index in [-0.39, 0.29) is 5.60 Å². The Kier molecular flexibility index (Phi) is 7.29. The second-order valence-electron chi connectivity index (χ2n) is 6.63. The SMILES string of the molecule is CCCCCCCCCC1(O)CCCC(C)C1C. The van der Waals surface area contributed by atoms with Crippen LogP contribution in [0, 0.1) is 11.8 Å². The van der Waals surface area contributed by atoms with E-state index in [1.165, 1.54) is 57.8 Å². The molecule has 0 amide bonds. The molecular weight excluding hydrogens is 220 g/mol. The molecular formula is C17H34O. The Morgan fingerprint density at radius 3 is 2.28 bits per heavy atom. The summed E-state index contributed by atoms with van der Waals surface area (Å²) in [4.78, 5) is 0. The van der Waals surface area contributed by atoms with E-state index in [1.807, 2.05) is 0 Å². The first-order valence-electron chi connectivity index (χ1n) is 8.32. The van der Waals surface area contributed by atoms with Crippen molar-refractivity contribution in [2.75, 3.05) is 0 Å². The lowest BCUT2D eigenvalue weighted by molar-refractivity contribution is -0.0703. The summed E-state index contributed by atoms with van der Waals surface area (Å²) in [6.07, 6.45) is 14.0. The van der Waals surface area contributed by atoms with Gasteiger partial charge in [-0.3, -0.25) is 0 Å². The lowest BCUT2D eigenvalue weighted by atomic mass is 9.68. The van der Waals surface area contributed by atoms with E-state index in [2.05, 4.69) is 20.8 Å². The number of unbranched alkanes of at least 4 members (excludes halogenated alkanes) is 6. The maximum atomic E-state index is 10.8. The monoisotopic (exact) mass is 254 g/mol. The van der Waals surface area contributed by atoms with Crippen LogP contribution in [0.1, 0.15) is 91.4 Å². The van der Waals surface area contributed by atoms with Gasteiger partial charge in [0.2, 0.25) is 0 Å². The second kappa shape index (κ2) is 8.19. The van der Waals surface area contributed by atoms with Crippen molar-refractivity contribution in [1.29, 1.82) is 0 Å². The van der Waals surface area contributed by atoms with Gasteiger partial charge in [0.25, 0.3) is 0 Å². The first-order valence-corrected chi connectivity index (χ1v) is 8.32. The summed E-state index contributed by atoms with van der Waals surface area (Å²) in [5.41, 5.74) is -0.346. The summed E-state index contributed by atoms with van der Waals surface area (Å²) in [5, 5.41) is 10.8. The molecule has 1 heteroatoms. The summed E-state index contributed by atoms with van der Waals surface area (Å²) in [5.74, 6) is 1.19. The first kappa shape index (κ1) is 16.0. The van der Waals surface area contributed by atoms with Crippen molar-refractivity contribution in [3.05, 3.63) is 0 Å². The van der Waals surface area contributed by atoms with Crippen LogP contribution in [0.3, 0.4) is 0 Å². The fourth-order valence-corrected chi connectivity index (χ4v) is 3.48. The molecule has 1 nitrogen and oxygen atoms in total. The zero-order valence-corrected chi connectivity index (χ0v) is 12.9. The lowest BCUT2D eigenvalue weighted by Gasteiger charge is -2.42. The van der Waals surface area contributed by atoms with Gasteiger partial charge in [0.1, 0.15) is 0 Å². The van der Waals surface area contributed by atoms with Crippen LogP contribution in [0.15, 0.2) is 0 Å². The molecule has 0 spiro atoms. The highest BCUT2D eigenvalue weighted by molar-refractivity contribution is 4.90. The molecule has 1 saturated carbocycles. The lowest BCUT2D eigenvalue weighted by Crippen LogP contribution is -2.42. The zero-order chi connectivity index (χ0) is 13.4. The Balaban J connectivity index is 2.13. The summed E-state index contributed by atoms with van der Waals surface area (Å²) in [7, 11) is 0. The van der Waals surface area contributed by atoms with Crippen LogP contribution in [0.25, 0.3) is 0 Å². The molecule has 1 N–H and O–H groups in total. The minimum absolute atomic E-state index is 0.346. The third-order valence-electron chi connectivity index (χ3n) is 5.18. The molecule has 3 atom stereocenters. The van der Waals surface area contributed by atoms with Crippen LogP contribution in [0.2, 0.25) is 0 Å². The highest BCUT2D eigenvalue weighted by Gasteiger charge is 2.38. The first-order chi connectivity index (χ1) is 8.60. The van der Waals surface area contributed by atoms with E-state index in [4.69, 9.17) is 0 Å². The smallest absolute Gasteiger partial charge is 0.0675 e. The summed E-state index contributed by atoms with van der Waals surface area (Å²) in [6.45, 7) is 6.83. The maximum Gasteiger partial charge on any atom is 0.0675 e. The Bertz CT molecular complexity index is 214. The highest BCUT2D eigenvalue weighted by Crippen LogP contribution is 2.40. The predicted molar refractivity (Wildman–Crippen MR) is 79.7 cm³/mol. The minimum atomic E-state index is -0.346. The van der Waals surface area contributed by atoms with Gasteiger partial charge in [-0.1, -0.05) is 78.6 Å². The molecule has 0 aromatic carbocycles. The Morgan fingerprint density at radius 1 is 1.00 bits per heavy atom. The third-order valence-corrected chi connectivity index (χ3v) is 5.18. The molecule has 0 saturated heterocycles. The van der Waals surface area contributed by atoms with Gasteiger partial charge in [0.15, 0.2) is 0 Å². The van der Waals surface area contributed by atoms with Gasteiger partial charge in [-0.05, 0) is 24.7 Å². The molecule has 108 valence electrons. The van der Waals surface area contributed by atoms with Gasteiger partial charge in [0.05, 0.1) is 5.60 Å². The largest absolute Gasteiger partial charge is 0.390 e. The van der Waals surface area contributed by atoms with Gasteiger partial charge in [-0.25, -0.2) is 0 Å². The molecule has 3 unspecified atom stereocenters. The van der Waals surface area contributed by atoms with Gasteiger partial charge in [-0.2, -0.15) is 0 Å². The van der Waals surface area contributed by atoms with Crippen molar-refractivity contribution in [2.45, 2.75) is 97.0 Å². The highest BCUT2D eigenvalue weighted by atomic mass is 16.3. The van der Waals surface area contributed by atoms with Gasteiger partial charge in [0, 0.05) is 0 Å². The topological polar surface area (TPSA) is 20.2 Å². The van der Waals surface area contributed by atoms with E-state index in [0.29, 0.717) is 11.8 Å². The van der Waals surface area contributed by atoms with Crippen molar-refractivity contribution in [1.82, 2.24) is 0 Å². The maximum absolute atomic E-state index is 10.8. The average Bonchev–Trinajstić information content (AvgIpc) is 2.35. The van der Waals surface area contributed by atoms with Crippen LogP contribution >= 0.6 is 0 Å². The molecule has 18 heavy (non-hydrogen) atoms. The van der Waals surface area contributed by atoms with E-state index in [9.17, 15) is 5.11 Å². The molecule has 1 aliphatic carbocycles. The van der Waals surface area contributed by atoms with Crippen LogP contribution in [-0.4, -0.2) is 10.7 Å². The summed E-state index contributed by atoms with van der Waals surface area (Å²) in [6, 6.07) is 0. The quantitative estimate of drug-likeness (QED) is 0.582. The Labute approximate surface area is 114 Å². The van der Waals surface area contributed by atoms with Gasteiger partial charge >= 0.3 is 0 Å². The number of aliphatic hydroxyl groups is 1. The van der Waals surface area contributed by atoms with Crippen LogP contribution < -0.4 is 0 Å². The predicted octanol–water partition coefficient (Wildman–Crippen LogP) is 5.31. The van der Waals surface area contributed by atoms with Crippen LogP contribution in [-0.2, 0) is 0 Å². The molecule has 0 aliphatic heterocycles. The molecule has 0 radical (unpaired) electrons. The van der Waals surface area contributed by atoms with Crippen LogP contribution in [0.5, 0.6) is 0 Å². The van der Waals surface area contributed by atoms with Crippen molar-refractivity contribution in [2.24, 2.45) is 11.8 Å². The Morgan fingerprint density at radius 2 is 1.61 bits per heavy atom. The summed E-state index contributed by atoms with van der Waals surface area (Å²) < 4.78 is 0. The molecule has 0 bridgehead atoms. The van der Waals surface area contributed by atoms with Gasteiger partial charge in [-0.15, -0.1) is 0 Å². The molecule has 1 fully saturated rings. The van der Waals surface area contributed by atoms with Crippen molar-refractivity contribution < 1.29 is 5.11 Å². The number of hydrogen-bond donors (Lipinski definition) is 1. The number of rotatable bonds is 8. The molecule has 0 aromatic rings. The second-order valence-corrected chi connectivity index (χ2v) is 6.63.